The van der Waals surface area contributed by atoms with Gasteiger partial charge in [-0.1, -0.05) is 12.1 Å². The van der Waals surface area contributed by atoms with Crippen molar-refractivity contribution >= 4 is 21.7 Å². The van der Waals surface area contributed by atoms with Crippen LogP contribution in [0.5, 0.6) is 11.5 Å². The number of benzene rings is 2. The van der Waals surface area contributed by atoms with E-state index >= 15 is 0 Å². The molecule has 0 radical (unpaired) electrons. The van der Waals surface area contributed by atoms with Crippen molar-refractivity contribution < 1.29 is 22.7 Å². The van der Waals surface area contributed by atoms with Crippen LogP contribution in [-0.2, 0) is 9.84 Å². The molecule has 2 aromatic rings. The van der Waals surface area contributed by atoms with Gasteiger partial charge >= 0.3 is 0 Å². The monoisotopic (exact) mass is 330 g/mol. The second-order valence-electron chi connectivity index (χ2n) is 5.08. The van der Waals surface area contributed by atoms with E-state index in [9.17, 15) is 13.2 Å². The van der Waals surface area contributed by atoms with Crippen LogP contribution in [0.4, 0.5) is 0 Å². The molecule has 1 aliphatic heterocycles. The van der Waals surface area contributed by atoms with Crippen LogP contribution < -0.4 is 9.47 Å². The van der Waals surface area contributed by atoms with Gasteiger partial charge in [-0.25, -0.2) is 8.42 Å². The Morgan fingerprint density at radius 2 is 1.83 bits per heavy atom. The Kier molecular flexibility index (Phi) is 3.92. The van der Waals surface area contributed by atoms with E-state index in [1.807, 2.05) is 12.1 Å². The second-order valence-corrected chi connectivity index (χ2v) is 7.09. The van der Waals surface area contributed by atoms with Crippen molar-refractivity contribution in [3.05, 3.63) is 59.7 Å². The Morgan fingerprint density at radius 1 is 1.09 bits per heavy atom. The van der Waals surface area contributed by atoms with Gasteiger partial charge in [-0.3, -0.25) is 4.79 Å². The van der Waals surface area contributed by atoms with E-state index in [1.165, 1.54) is 30.3 Å². The zero-order valence-corrected chi connectivity index (χ0v) is 13.2. The molecule has 0 fully saturated rings. The van der Waals surface area contributed by atoms with Gasteiger partial charge in [0.1, 0.15) is 0 Å². The van der Waals surface area contributed by atoms with Crippen molar-refractivity contribution in [3.8, 4) is 11.5 Å². The van der Waals surface area contributed by atoms with E-state index in [0.29, 0.717) is 17.1 Å². The van der Waals surface area contributed by atoms with Crippen molar-refractivity contribution in [3.63, 3.8) is 0 Å². The van der Waals surface area contributed by atoms with Crippen molar-refractivity contribution in [2.24, 2.45) is 0 Å². The number of carbonyl (C=O) groups is 1. The van der Waals surface area contributed by atoms with E-state index in [-0.39, 0.29) is 17.5 Å². The summed E-state index contributed by atoms with van der Waals surface area (Å²) in [7, 11) is -3.27. The average Bonchev–Trinajstić information content (AvgIpc) is 3.01. The fourth-order valence-corrected chi connectivity index (χ4v) is 2.84. The van der Waals surface area contributed by atoms with Crippen molar-refractivity contribution in [2.75, 3.05) is 13.0 Å². The zero-order valence-electron chi connectivity index (χ0n) is 12.4. The molecule has 1 aliphatic rings. The van der Waals surface area contributed by atoms with E-state index in [4.69, 9.17) is 9.47 Å². The van der Waals surface area contributed by atoms with Crippen LogP contribution in [0.1, 0.15) is 15.9 Å². The Morgan fingerprint density at radius 3 is 2.52 bits per heavy atom. The molecule has 0 atom stereocenters. The summed E-state index contributed by atoms with van der Waals surface area (Å²) in [5.74, 6) is 1.04. The molecule has 0 amide bonds. The molecule has 3 rings (SSSR count). The maximum absolute atomic E-state index is 12.2. The Labute approximate surface area is 134 Å². The minimum atomic E-state index is -3.27. The fraction of sp³-hybridized carbons (Fsp3) is 0.118. The third-order valence-electron chi connectivity index (χ3n) is 3.41. The molecule has 0 spiro atoms. The SMILES string of the molecule is CS(=O)(=O)c1ccc(C(=O)/C=C/c2cccc3c2OCO3)cc1. The molecule has 0 bridgehead atoms. The number of hydrogen-bond acceptors (Lipinski definition) is 5. The van der Waals surface area contributed by atoms with Crippen LogP contribution in [0, 0.1) is 0 Å². The van der Waals surface area contributed by atoms with Crippen molar-refractivity contribution in [1.82, 2.24) is 0 Å². The lowest BCUT2D eigenvalue weighted by Gasteiger charge is -2.01. The molecule has 23 heavy (non-hydrogen) atoms. The minimum Gasteiger partial charge on any atom is -0.454 e. The van der Waals surface area contributed by atoms with E-state index in [2.05, 4.69) is 0 Å². The molecule has 0 aromatic heterocycles. The molecule has 5 nitrogen and oxygen atoms in total. The summed E-state index contributed by atoms with van der Waals surface area (Å²) < 4.78 is 33.5. The Hall–Kier alpha value is -2.60. The lowest BCUT2D eigenvalue weighted by atomic mass is 10.1. The number of allylic oxidation sites excluding steroid dienone is 1. The highest BCUT2D eigenvalue weighted by Gasteiger charge is 2.15. The first-order valence-corrected chi connectivity index (χ1v) is 8.75. The molecule has 6 heteroatoms. The predicted molar refractivity (Wildman–Crippen MR) is 85.5 cm³/mol. The molecule has 2 aromatic carbocycles. The summed E-state index contributed by atoms with van der Waals surface area (Å²) in [6, 6.07) is 11.3. The van der Waals surface area contributed by atoms with Crippen molar-refractivity contribution in [1.29, 1.82) is 0 Å². The first kappa shape index (κ1) is 15.3. The molecule has 0 unspecified atom stereocenters. The van der Waals surface area contributed by atoms with Gasteiger partial charge in [0.05, 0.1) is 4.90 Å². The second kappa shape index (κ2) is 5.89. The van der Waals surface area contributed by atoms with Crippen LogP contribution in [0.15, 0.2) is 53.4 Å². The van der Waals surface area contributed by atoms with Gasteiger partial charge in [-0.2, -0.15) is 0 Å². The lowest BCUT2D eigenvalue weighted by Crippen LogP contribution is -1.99. The standard InChI is InChI=1S/C17H14O5S/c1-23(19,20)14-8-5-12(6-9-14)15(18)10-7-13-3-2-4-16-17(13)22-11-21-16/h2-10H,11H2,1H3/b10-7+. The number of hydrogen-bond donors (Lipinski definition) is 0. The maximum Gasteiger partial charge on any atom is 0.231 e. The average molecular weight is 330 g/mol. The number of ketones is 1. The van der Waals surface area contributed by atoms with Gasteiger partial charge in [0.15, 0.2) is 27.1 Å². The van der Waals surface area contributed by atoms with Gasteiger partial charge in [-0.05, 0) is 42.5 Å². The minimum absolute atomic E-state index is 0.168. The van der Waals surface area contributed by atoms with Crippen LogP contribution in [0.25, 0.3) is 6.08 Å². The zero-order chi connectivity index (χ0) is 16.4. The van der Waals surface area contributed by atoms with Crippen LogP contribution in [0.2, 0.25) is 0 Å². The predicted octanol–water partition coefficient (Wildman–Crippen LogP) is 2.71. The summed E-state index contributed by atoms with van der Waals surface area (Å²) in [4.78, 5) is 12.4. The van der Waals surface area contributed by atoms with Gasteiger partial charge in [0, 0.05) is 17.4 Å². The normalized spacial score (nSPS) is 13.4. The number of rotatable bonds is 4. The quantitative estimate of drug-likeness (QED) is 0.637. The summed E-state index contributed by atoms with van der Waals surface area (Å²) in [5.41, 5.74) is 1.17. The molecule has 1 heterocycles. The number of sulfone groups is 1. The van der Waals surface area contributed by atoms with Gasteiger partial charge < -0.3 is 9.47 Å². The highest BCUT2D eigenvalue weighted by Crippen LogP contribution is 2.35. The largest absolute Gasteiger partial charge is 0.454 e. The van der Waals surface area contributed by atoms with Gasteiger partial charge in [-0.15, -0.1) is 0 Å². The molecular weight excluding hydrogens is 316 g/mol. The Bertz CT molecular complexity index is 880. The van der Waals surface area contributed by atoms with Gasteiger partial charge in [0.2, 0.25) is 6.79 Å². The number of carbonyl (C=O) groups excluding carboxylic acids is 1. The van der Waals surface area contributed by atoms with Crippen LogP contribution >= 0.6 is 0 Å². The highest BCUT2D eigenvalue weighted by molar-refractivity contribution is 7.90. The van der Waals surface area contributed by atoms with Crippen LogP contribution in [-0.4, -0.2) is 27.2 Å². The smallest absolute Gasteiger partial charge is 0.231 e. The van der Waals surface area contributed by atoms with Crippen LogP contribution in [0.3, 0.4) is 0 Å². The maximum atomic E-state index is 12.2. The van der Waals surface area contributed by atoms with E-state index in [0.717, 1.165) is 11.8 Å². The number of para-hydroxylation sites is 1. The third kappa shape index (κ3) is 3.27. The summed E-state index contributed by atoms with van der Waals surface area (Å²) in [6.45, 7) is 0.168. The topological polar surface area (TPSA) is 69.7 Å². The van der Waals surface area contributed by atoms with Gasteiger partial charge in [0.25, 0.3) is 0 Å². The summed E-state index contributed by atoms with van der Waals surface area (Å²) >= 11 is 0. The third-order valence-corrected chi connectivity index (χ3v) is 4.54. The number of fused-ring (bicyclic) bond motifs is 1. The molecule has 0 saturated carbocycles. The van der Waals surface area contributed by atoms with Crippen molar-refractivity contribution in [2.45, 2.75) is 4.90 Å². The molecular formula is C17H14O5S. The molecule has 0 aliphatic carbocycles. The number of ether oxygens (including phenoxy) is 2. The lowest BCUT2D eigenvalue weighted by molar-refractivity contribution is 0.104. The summed E-state index contributed by atoms with van der Waals surface area (Å²) in [6.07, 6.45) is 4.20. The molecule has 118 valence electrons. The summed E-state index contributed by atoms with van der Waals surface area (Å²) in [5, 5.41) is 0. The first-order chi connectivity index (χ1) is 10.9. The van der Waals surface area contributed by atoms with E-state index < -0.39 is 9.84 Å². The first-order valence-electron chi connectivity index (χ1n) is 6.86. The molecule has 0 N–H and O–H groups in total. The Balaban J connectivity index is 1.81. The van der Waals surface area contributed by atoms with E-state index in [1.54, 1.807) is 12.1 Å². The highest BCUT2D eigenvalue weighted by atomic mass is 32.2. The molecule has 0 saturated heterocycles. The fourth-order valence-electron chi connectivity index (χ4n) is 2.21.